The Morgan fingerprint density at radius 2 is 2.06 bits per heavy atom. The average Bonchev–Trinajstić information content (AvgIpc) is 2.72. The van der Waals surface area contributed by atoms with E-state index in [9.17, 15) is 0 Å². The smallest absolute Gasteiger partial charge is 0.228 e. The Labute approximate surface area is 106 Å². The van der Waals surface area contributed by atoms with Crippen molar-refractivity contribution in [3.63, 3.8) is 0 Å². The number of halogens is 1. The van der Waals surface area contributed by atoms with Gasteiger partial charge in [0.05, 0.1) is 0 Å². The molecule has 2 aromatic heterocycles. The normalized spacial score (nSPS) is 10.8. The summed E-state index contributed by atoms with van der Waals surface area (Å²) in [5.41, 5.74) is 2.35. The van der Waals surface area contributed by atoms with E-state index in [-0.39, 0.29) is 0 Å². The highest BCUT2D eigenvalue weighted by Gasteiger charge is 2.08. The minimum absolute atomic E-state index is 0.618. The lowest BCUT2D eigenvalue weighted by Crippen LogP contribution is -1.78. The molecule has 0 saturated heterocycles. The molecule has 0 fully saturated rings. The van der Waals surface area contributed by atoms with Crippen molar-refractivity contribution in [1.29, 1.82) is 0 Å². The minimum atomic E-state index is 0.618. The van der Waals surface area contributed by atoms with Crippen LogP contribution in [0.2, 0.25) is 0 Å². The van der Waals surface area contributed by atoms with Crippen LogP contribution in [0.15, 0.2) is 47.0 Å². The molecule has 0 spiro atoms. The maximum absolute atomic E-state index is 5.63. The van der Waals surface area contributed by atoms with Crippen LogP contribution < -0.4 is 0 Å². The summed E-state index contributed by atoms with van der Waals surface area (Å²) in [7, 11) is 0. The first-order chi connectivity index (χ1) is 7.83. The van der Waals surface area contributed by atoms with Gasteiger partial charge < -0.3 is 4.42 Å². The Hall–Kier alpha value is -1.43. The standard InChI is InChI=1S/C12H7IN2O/c13-9-4-1-3-8(7-9)12-15-11-10(16-12)5-2-6-14-11/h1-7H. The van der Waals surface area contributed by atoms with Crippen molar-refractivity contribution in [1.82, 2.24) is 9.97 Å². The van der Waals surface area contributed by atoms with Crippen molar-refractivity contribution in [2.24, 2.45) is 0 Å². The third-order valence-electron chi connectivity index (χ3n) is 2.24. The van der Waals surface area contributed by atoms with E-state index in [1.165, 1.54) is 0 Å². The average molecular weight is 322 g/mol. The summed E-state index contributed by atoms with van der Waals surface area (Å²) in [5, 5.41) is 0. The van der Waals surface area contributed by atoms with Gasteiger partial charge in [-0.25, -0.2) is 4.98 Å². The molecule has 0 unspecified atom stereocenters. The number of benzene rings is 1. The van der Waals surface area contributed by atoms with Crippen LogP contribution in [0.5, 0.6) is 0 Å². The second kappa shape index (κ2) is 3.86. The van der Waals surface area contributed by atoms with Gasteiger partial charge in [-0.1, -0.05) is 6.07 Å². The zero-order valence-corrected chi connectivity index (χ0v) is 10.4. The van der Waals surface area contributed by atoms with Gasteiger partial charge in [0, 0.05) is 15.3 Å². The predicted molar refractivity (Wildman–Crippen MR) is 70.0 cm³/mol. The van der Waals surface area contributed by atoms with Crippen LogP contribution in [0.1, 0.15) is 0 Å². The van der Waals surface area contributed by atoms with Crippen molar-refractivity contribution in [2.45, 2.75) is 0 Å². The number of nitrogens with zero attached hydrogens (tertiary/aromatic N) is 2. The Bertz CT molecular complexity index is 615. The van der Waals surface area contributed by atoms with Gasteiger partial charge >= 0.3 is 0 Å². The number of hydrogen-bond acceptors (Lipinski definition) is 3. The fourth-order valence-electron chi connectivity index (χ4n) is 1.51. The van der Waals surface area contributed by atoms with E-state index in [0.717, 1.165) is 14.7 Å². The number of hydrogen-bond donors (Lipinski definition) is 0. The van der Waals surface area contributed by atoms with Gasteiger partial charge in [-0.3, -0.25) is 0 Å². The molecule has 3 rings (SSSR count). The van der Waals surface area contributed by atoms with Gasteiger partial charge in [-0.2, -0.15) is 4.98 Å². The number of oxazole rings is 1. The first kappa shape index (κ1) is 9.77. The van der Waals surface area contributed by atoms with Gasteiger partial charge in [-0.15, -0.1) is 0 Å². The van der Waals surface area contributed by atoms with Gasteiger partial charge in [0.25, 0.3) is 0 Å². The van der Waals surface area contributed by atoms with Crippen LogP contribution in [-0.2, 0) is 0 Å². The molecule has 2 heterocycles. The maximum atomic E-state index is 5.63. The van der Waals surface area contributed by atoms with Crippen LogP contribution in [0.3, 0.4) is 0 Å². The molecule has 4 heteroatoms. The second-order valence-corrected chi connectivity index (χ2v) is 4.60. The van der Waals surface area contributed by atoms with Gasteiger partial charge in [0.2, 0.25) is 5.89 Å². The second-order valence-electron chi connectivity index (χ2n) is 3.35. The largest absolute Gasteiger partial charge is 0.434 e. The number of rotatable bonds is 1. The quantitative estimate of drug-likeness (QED) is 0.644. The fraction of sp³-hybridized carbons (Fsp3) is 0. The lowest BCUT2D eigenvalue weighted by molar-refractivity contribution is 0.619. The first-order valence-corrected chi connectivity index (χ1v) is 5.88. The molecule has 16 heavy (non-hydrogen) atoms. The summed E-state index contributed by atoms with van der Waals surface area (Å²) in [6, 6.07) is 11.7. The van der Waals surface area contributed by atoms with Crippen molar-refractivity contribution in [2.75, 3.05) is 0 Å². The molecule has 0 saturated carbocycles. The van der Waals surface area contributed by atoms with Crippen molar-refractivity contribution in [3.05, 3.63) is 46.2 Å². The fourth-order valence-corrected chi connectivity index (χ4v) is 2.06. The molecule has 0 radical (unpaired) electrons. The summed E-state index contributed by atoms with van der Waals surface area (Å²) in [6.45, 7) is 0. The maximum Gasteiger partial charge on any atom is 0.228 e. The van der Waals surface area contributed by atoms with E-state index in [0.29, 0.717) is 11.5 Å². The van der Waals surface area contributed by atoms with Gasteiger partial charge in [0.15, 0.2) is 11.2 Å². The Kier molecular flexibility index (Phi) is 2.36. The van der Waals surface area contributed by atoms with E-state index >= 15 is 0 Å². The lowest BCUT2D eigenvalue weighted by Gasteiger charge is -1.94. The predicted octanol–water partition coefficient (Wildman–Crippen LogP) is 3.49. The molecule has 3 nitrogen and oxygen atoms in total. The van der Waals surface area contributed by atoms with Crippen LogP contribution in [-0.4, -0.2) is 9.97 Å². The van der Waals surface area contributed by atoms with Crippen molar-refractivity contribution >= 4 is 33.8 Å². The monoisotopic (exact) mass is 322 g/mol. The molecule has 0 aliphatic carbocycles. The highest BCUT2D eigenvalue weighted by Crippen LogP contribution is 2.23. The Morgan fingerprint density at radius 3 is 2.88 bits per heavy atom. The van der Waals surface area contributed by atoms with Crippen LogP contribution in [0.25, 0.3) is 22.7 Å². The third-order valence-corrected chi connectivity index (χ3v) is 2.91. The molecular weight excluding hydrogens is 315 g/mol. The van der Waals surface area contributed by atoms with E-state index in [1.54, 1.807) is 6.20 Å². The molecule has 78 valence electrons. The summed E-state index contributed by atoms with van der Waals surface area (Å²) >= 11 is 2.27. The number of fused-ring (bicyclic) bond motifs is 1. The third kappa shape index (κ3) is 1.69. The van der Waals surface area contributed by atoms with Gasteiger partial charge in [-0.05, 0) is 52.9 Å². The summed E-state index contributed by atoms with van der Waals surface area (Å²) in [5.74, 6) is 0.618. The van der Waals surface area contributed by atoms with E-state index < -0.39 is 0 Å². The van der Waals surface area contributed by atoms with Crippen LogP contribution >= 0.6 is 22.6 Å². The van der Waals surface area contributed by atoms with E-state index in [4.69, 9.17) is 4.42 Å². The number of pyridine rings is 1. The minimum Gasteiger partial charge on any atom is -0.434 e. The van der Waals surface area contributed by atoms with E-state index in [1.807, 2.05) is 36.4 Å². The molecule has 0 atom stereocenters. The molecule has 0 N–H and O–H groups in total. The molecule has 0 aliphatic heterocycles. The summed E-state index contributed by atoms with van der Waals surface area (Å²) in [4.78, 5) is 8.49. The molecule has 1 aromatic carbocycles. The Morgan fingerprint density at radius 1 is 1.12 bits per heavy atom. The van der Waals surface area contributed by atoms with Crippen LogP contribution in [0.4, 0.5) is 0 Å². The Balaban J connectivity index is 2.19. The zero-order chi connectivity index (χ0) is 11.0. The summed E-state index contributed by atoms with van der Waals surface area (Å²) in [6.07, 6.45) is 1.71. The van der Waals surface area contributed by atoms with Crippen molar-refractivity contribution < 1.29 is 4.42 Å². The van der Waals surface area contributed by atoms with Crippen molar-refractivity contribution in [3.8, 4) is 11.5 Å². The molecular formula is C12H7IN2O. The topological polar surface area (TPSA) is 38.9 Å². The summed E-state index contributed by atoms with van der Waals surface area (Å²) < 4.78 is 6.79. The SMILES string of the molecule is Ic1cccc(-c2nc3ncccc3o2)c1. The zero-order valence-electron chi connectivity index (χ0n) is 8.22. The van der Waals surface area contributed by atoms with E-state index in [2.05, 4.69) is 32.6 Å². The highest BCUT2D eigenvalue weighted by molar-refractivity contribution is 14.1. The highest BCUT2D eigenvalue weighted by atomic mass is 127. The first-order valence-electron chi connectivity index (χ1n) is 4.80. The van der Waals surface area contributed by atoms with Crippen LogP contribution in [0, 0.1) is 3.57 Å². The molecule has 0 bridgehead atoms. The molecule has 0 amide bonds. The van der Waals surface area contributed by atoms with Gasteiger partial charge in [0.1, 0.15) is 0 Å². The lowest BCUT2D eigenvalue weighted by atomic mass is 10.2. The molecule has 0 aliphatic rings. The molecule has 3 aromatic rings. The number of aromatic nitrogens is 2.